The van der Waals surface area contributed by atoms with Crippen LogP contribution in [0.3, 0.4) is 0 Å². The maximum absolute atomic E-state index is 9.23. The van der Waals surface area contributed by atoms with E-state index in [1.165, 1.54) is 5.56 Å². The van der Waals surface area contributed by atoms with Crippen molar-refractivity contribution in [3.05, 3.63) is 36.0 Å². The molecule has 0 amide bonds. The molecule has 2 rings (SSSR count). The molecule has 4 N–H and O–H groups in total. The van der Waals surface area contributed by atoms with Crippen LogP contribution in [-0.4, -0.2) is 21.4 Å². The van der Waals surface area contributed by atoms with Crippen LogP contribution >= 0.6 is 0 Å². The molecule has 4 heteroatoms. The van der Waals surface area contributed by atoms with Gasteiger partial charge in [0.1, 0.15) is 5.82 Å². The highest BCUT2D eigenvalue weighted by Crippen LogP contribution is 2.23. The van der Waals surface area contributed by atoms with Crippen LogP contribution in [-0.2, 0) is 6.42 Å². The summed E-state index contributed by atoms with van der Waals surface area (Å²) in [4.78, 5) is 0. The highest BCUT2D eigenvalue weighted by molar-refractivity contribution is 5.72. The number of hydrogen-bond donors (Lipinski definition) is 3. The Morgan fingerprint density at radius 3 is 2.59 bits per heavy atom. The van der Waals surface area contributed by atoms with Crippen LogP contribution < -0.4 is 5.73 Å². The first kappa shape index (κ1) is 11.7. The summed E-state index contributed by atoms with van der Waals surface area (Å²) >= 11 is 0. The molecule has 0 saturated carbocycles. The van der Waals surface area contributed by atoms with Crippen LogP contribution in [0.15, 0.2) is 30.5 Å². The summed E-state index contributed by atoms with van der Waals surface area (Å²) in [6, 6.07) is 8.17. The Hall–Kier alpha value is -1.81. The molecule has 0 spiro atoms. The lowest BCUT2D eigenvalue weighted by Gasteiger charge is -2.05. The average molecular weight is 231 g/mol. The van der Waals surface area contributed by atoms with E-state index in [1.807, 2.05) is 12.1 Å². The Morgan fingerprint density at radius 2 is 2.06 bits per heavy atom. The van der Waals surface area contributed by atoms with Gasteiger partial charge in [0.2, 0.25) is 0 Å². The van der Waals surface area contributed by atoms with Gasteiger partial charge in [0.25, 0.3) is 0 Å². The van der Waals surface area contributed by atoms with Gasteiger partial charge in [0.05, 0.1) is 12.3 Å². The minimum atomic E-state index is -0.251. The molecule has 2 aromatic rings. The van der Waals surface area contributed by atoms with Crippen molar-refractivity contribution in [1.82, 2.24) is 10.2 Å². The molecule has 0 radical (unpaired) electrons. The molecule has 1 atom stereocenters. The average Bonchev–Trinajstić information content (AvgIpc) is 2.73. The maximum atomic E-state index is 9.23. The first-order valence-electron chi connectivity index (χ1n) is 5.73. The van der Waals surface area contributed by atoms with E-state index in [1.54, 1.807) is 13.1 Å². The van der Waals surface area contributed by atoms with Crippen LogP contribution in [0.2, 0.25) is 0 Å². The summed E-state index contributed by atoms with van der Waals surface area (Å²) in [7, 11) is 0. The van der Waals surface area contributed by atoms with Gasteiger partial charge in [-0.25, -0.2) is 0 Å². The van der Waals surface area contributed by atoms with Gasteiger partial charge < -0.3 is 10.8 Å². The molecule has 0 aliphatic rings. The lowest BCUT2D eigenvalue weighted by Crippen LogP contribution is -2.01. The highest BCUT2D eigenvalue weighted by atomic mass is 16.3. The smallest absolute Gasteiger partial charge is 0.126 e. The quantitative estimate of drug-likeness (QED) is 0.753. The number of anilines is 1. The molecule has 0 aliphatic heterocycles. The molecule has 1 unspecified atom stereocenters. The van der Waals surface area contributed by atoms with Gasteiger partial charge in [0, 0.05) is 5.56 Å². The van der Waals surface area contributed by atoms with Crippen molar-refractivity contribution >= 4 is 5.82 Å². The van der Waals surface area contributed by atoms with E-state index in [2.05, 4.69) is 22.3 Å². The van der Waals surface area contributed by atoms with Crippen molar-refractivity contribution in [3.63, 3.8) is 0 Å². The molecule has 4 nitrogen and oxygen atoms in total. The lowest BCUT2D eigenvalue weighted by molar-refractivity contribution is 0.185. The van der Waals surface area contributed by atoms with Crippen LogP contribution in [0.1, 0.15) is 18.9 Å². The van der Waals surface area contributed by atoms with Gasteiger partial charge in [-0.3, -0.25) is 5.10 Å². The number of nitrogens with zero attached hydrogens (tertiary/aromatic N) is 1. The summed E-state index contributed by atoms with van der Waals surface area (Å²) in [6.45, 7) is 1.81. The van der Waals surface area contributed by atoms with Gasteiger partial charge in [-0.05, 0) is 30.9 Å². The highest BCUT2D eigenvalue weighted by Gasteiger charge is 2.04. The minimum absolute atomic E-state index is 0.251. The van der Waals surface area contributed by atoms with Crippen molar-refractivity contribution in [2.24, 2.45) is 0 Å². The van der Waals surface area contributed by atoms with Gasteiger partial charge in [0.15, 0.2) is 0 Å². The van der Waals surface area contributed by atoms with Crippen LogP contribution in [0.25, 0.3) is 11.1 Å². The third-order valence-corrected chi connectivity index (χ3v) is 2.78. The minimum Gasteiger partial charge on any atom is -0.393 e. The Balaban J connectivity index is 2.11. The largest absolute Gasteiger partial charge is 0.393 e. The van der Waals surface area contributed by atoms with Crippen molar-refractivity contribution in [1.29, 1.82) is 0 Å². The van der Waals surface area contributed by atoms with E-state index in [9.17, 15) is 5.11 Å². The summed E-state index contributed by atoms with van der Waals surface area (Å²) in [6.07, 6.45) is 3.14. The SMILES string of the molecule is CC(O)CCc1ccc(-c2cn[nH]c2N)cc1. The van der Waals surface area contributed by atoms with Crippen LogP contribution in [0.4, 0.5) is 5.82 Å². The predicted molar refractivity (Wildman–Crippen MR) is 68.4 cm³/mol. The van der Waals surface area contributed by atoms with E-state index >= 15 is 0 Å². The number of aliphatic hydroxyl groups excluding tert-OH is 1. The molecule has 17 heavy (non-hydrogen) atoms. The molecule has 1 aromatic carbocycles. The Morgan fingerprint density at radius 1 is 1.35 bits per heavy atom. The number of aliphatic hydroxyl groups is 1. The number of hydrogen-bond acceptors (Lipinski definition) is 3. The van der Waals surface area contributed by atoms with E-state index < -0.39 is 0 Å². The van der Waals surface area contributed by atoms with E-state index in [4.69, 9.17) is 5.73 Å². The second kappa shape index (κ2) is 5.01. The molecule has 1 heterocycles. The number of H-pyrrole nitrogens is 1. The molecule has 0 saturated heterocycles. The fourth-order valence-electron chi connectivity index (χ4n) is 1.75. The van der Waals surface area contributed by atoms with Gasteiger partial charge in [-0.2, -0.15) is 5.10 Å². The Bertz CT molecular complexity index is 474. The lowest BCUT2D eigenvalue weighted by atomic mass is 10.0. The topological polar surface area (TPSA) is 74.9 Å². The summed E-state index contributed by atoms with van der Waals surface area (Å²) in [5.41, 5.74) is 8.95. The number of aryl methyl sites for hydroxylation is 1. The maximum Gasteiger partial charge on any atom is 0.126 e. The van der Waals surface area contributed by atoms with Crippen molar-refractivity contribution in [2.45, 2.75) is 25.9 Å². The predicted octanol–water partition coefficient (Wildman–Crippen LogP) is 1.97. The first-order valence-corrected chi connectivity index (χ1v) is 5.73. The number of benzene rings is 1. The number of nitrogens with one attached hydrogen (secondary N) is 1. The third kappa shape index (κ3) is 2.85. The second-order valence-electron chi connectivity index (χ2n) is 4.28. The summed E-state index contributed by atoms with van der Waals surface area (Å²) in [5.74, 6) is 0.585. The molecule has 0 bridgehead atoms. The fraction of sp³-hybridized carbons (Fsp3) is 0.308. The van der Waals surface area contributed by atoms with Crippen LogP contribution in [0.5, 0.6) is 0 Å². The molecule has 1 aromatic heterocycles. The molecule has 0 fully saturated rings. The number of aromatic nitrogens is 2. The van der Waals surface area contributed by atoms with Gasteiger partial charge in [-0.1, -0.05) is 24.3 Å². The second-order valence-corrected chi connectivity index (χ2v) is 4.28. The number of aromatic amines is 1. The van der Waals surface area contributed by atoms with E-state index in [0.29, 0.717) is 5.82 Å². The van der Waals surface area contributed by atoms with E-state index in [0.717, 1.165) is 24.0 Å². The van der Waals surface area contributed by atoms with E-state index in [-0.39, 0.29) is 6.10 Å². The standard InChI is InChI=1S/C13H17N3O/c1-9(17)2-3-10-4-6-11(7-5-10)12-8-15-16-13(12)14/h4-9,17H,2-3H2,1H3,(H3,14,15,16). The molecule has 0 aliphatic carbocycles. The molecular formula is C13H17N3O. The Kier molecular flexibility index (Phi) is 3.44. The number of nitrogen functional groups attached to an aromatic ring is 1. The summed E-state index contributed by atoms with van der Waals surface area (Å²) < 4.78 is 0. The first-order chi connectivity index (χ1) is 8.16. The van der Waals surface area contributed by atoms with Crippen molar-refractivity contribution < 1.29 is 5.11 Å². The van der Waals surface area contributed by atoms with Crippen molar-refractivity contribution in [2.75, 3.05) is 5.73 Å². The van der Waals surface area contributed by atoms with Crippen molar-refractivity contribution in [3.8, 4) is 11.1 Å². The number of nitrogens with two attached hydrogens (primary N) is 1. The third-order valence-electron chi connectivity index (χ3n) is 2.78. The Labute approximate surface area is 100 Å². The summed E-state index contributed by atoms with van der Waals surface area (Å²) in [5, 5.41) is 15.8. The number of rotatable bonds is 4. The molecular weight excluding hydrogens is 214 g/mol. The normalized spacial score (nSPS) is 12.6. The monoisotopic (exact) mass is 231 g/mol. The zero-order valence-corrected chi connectivity index (χ0v) is 9.85. The fourth-order valence-corrected chi connectivity index (χ4v) is 1.75. The zero-order chi connectivity index (χ0) is 12.3. The van der Waals surface area contributed by atoms with Gasteiger partial charge in [-0.15, -0.1) is 0 Å². The van der Waals surface area contributed by atoms with Gasteiger partial charge >= 0.3 is 0 Å². The molecule has 90 valence electrons. The van der Waals surface area contributed by atoms with Crippen LogP contribution in [0, 0.1) is 0 Å². The zero-order valence-electron chi connectivity index (χ0n) is 9.85.